The number of hydrogen-bond acceptors (Lipinski definition) is 8. The van der Waals surface area contributed by atoms with Crippen LogP contribution in [-0.2, 0) is 5.75 Å². The summed E-state index contributed by atoms with van der Waals surface area (Å²) in [5.41, 5.74) is 2.57. The summed E-state index contributed by atoms with van der Waals surface area (Å²) in [5.74, 6) is -0.519. The number of anilines is 1. The number of rotatable bonds is 5. The van der Waals surface area contributed by atoms with Gasteiger partial charge in [0.2, 0.25) is 0 Å². The predicted molar refractivity (Wildman–Crippen MR) is 125 cm³/mol. The minimum absolute atomic E-state index is 0.0194. The maximum Gasteiger partial charge on any atom is 0.270 e. The van der Waals surface area contributed by atoms with E-state index >= 15 is 0 Å². The van der Waals surface area contributed by atoms with E-state index in [0.29, 0.717) is 17.0 Å². The van der Waals surface area contributed by atoms with E-state index in [1.54, 1.807) is 24.3 Å². The zero-order valence-electron chi connectivity index (χ0n) is 16.7. The fourth-order valence-corrected chi connectivity index (χ4v) is 5.67. The number of nitrogens with zero attached hydrogens (tertiary/aromatic N) is 4. The standard InChI is InChI=1S/C23H12N4O4S2/c24-11-13-3-1-2-4-14(13)12-32-23-25-19-8-6-15(10-20(19)33-23)26-21(28)17-7-5-16(27(30)31)9-18(17)22(26)29/h1-10H,12H2. The highest BCUT2D eigenvalue weighted by molar-refractivity contribution is 8.00. The summed E-state index contributed by atoms with van der Waals surface area (Å²) in [7, 11) is 0. The summed E-state index contributed by atoms with van der Waals surface area (Å²) in [6.45, 7) is 0. The quantitative estimate of drug-likeness (QED) is 0.170. The number of thiazole rings is 1. The van der Waals surface area contributed by atoms with E-state index in [2.05, 4.69) is 11.1 Å². The molecule has 8 nitrogen and oxygen atoms in total. The molecular formula is C23H12N4O4S2. The molecule has 0 bridgehead atoms. The number of nitriles is 1. The Kier molecular flexibility index (Phi) is 5.12. The predicted octanol–water partition coefficient (Wildman–Crippen LogP) is 5.17. The van der Waals surface area contributed by atoms with Crippen molar-refractivity contribution in [3.8, 4) is 6.07 Å². The SMILES string of the molecule is N#Cc1ccccc1CSc1nc2ccc(N3C(=O)c4ccc([N+](=O)[O-])cc4C3=O)cc2s1. The van der Waals surface area contributed by atoms with Crippen LogP contribution in [0.25, 0.3) is 10.2 Å². The van der Waals surface area contributed by atoms with Crippen molar-refractivity contribution in [3.63, 3.8) is 0 Å². The zero-order valence-corrected chi connectivity index (χ0v) is 18.4. The summed E-state index contributed by atoms with van der Waals surface area (Å²) in [4.78, 5) is 41.8. The number of carbonyl (C=O) groups excluding carboxylic acids is 2. The largest absolute Gasteiger partial charge is 0.270 e. The molecule has 0 atom stereocenters. The van der Waals surface area contributed by atoms with Gasteiger partial charge in [0, 0.05) is 17.9 Å². The molecule has 0 radical (unpaired) electrons. The Hall–Kier alpha value is -4.07. The van der Waals surface area contributed by atoms with Gasteiger partial charge < -0.3 is 0 Å². The number of carbonyl (C=O) groups is 2. The number of thioether (sulfide) groups is 1. The average molecular weight is 473 g/mol. The third kappa shape index (κ3) is 3.63. The second kappa shape index (κ2) is 8.12. The van der Waals surface area contributed by atoms with Crippen molar-refractivity contribution >= 4 is 56.5 Å². The molecule has 0 N–H and O–H groups in total. The van der Waals surface area contributed by atoms with Gasteiger partial charge in [-0.25, -0.2) is 9.88 Å². The molecule has 3 aromatic carbocycles. The summed E-state index contributed by atoms with van der Waals surface area (Å²) >= 11 is 2.93. The van der Waals surface area contributed by atoms with Gasteiger partial charge in [-0.05, 0) is 35.9 Å². The molecule has 1 aliphatic rings. The van der Waals surface area contributed by atoms with Gasteiger partial charge in [-0.1, -0.05) is 30.0 Å². The molecule has 2 amide bonds. The molecule has 160 valence electrons. The number of benzene rings is 3. The van der Waals surface area contributed by atoms with Gasteiger partial charge in [-0.3, -0.25) is 19.7 Å². The van der Waals surface area contributed by atoms with Crippen LogP contribution in [0.15, 0.2) is 65.0 Å². The lowest BCUT2D eigenvalue weighted by atomic mass is 10.1. The third-order valence-electron chi connectivity index (χ3n) is 5.18. The van der Waals surface area contributed by atoms with Crippen molar-refractivity contribution in [1.29, 1.82) is 5.26 Å². The van der Waals surface area contributed by atoms with Crippen LogP contribution in [0, 0.1) is 21.4 Å². The monoisotopic (exact) mass is 472 g/mol. The normalized spacial score (nSPS) is 12.8. The molecule has 2 heterocycles. The molecule has 1 aromatic heterocycles. The Labute approximate surface area is 195 Å². The summed E-state index contributed by atoms with van der Waals surface area (Å²) in [6.07, 6.45) is 0. The van der Waals surface area contributed by atoms with E-state index in [4.69, 9.17) is 0 Å². The minimum atomic E-state index is -0.599. The van der Waals surface area contributed by atoms with E-state index in [1.807, 2.05) is 18.2 Å². The van der Waals surface area contributed by atoms with Gasteiger partial charge in [0.15, 0.2) is 4.34 Å². The van der Waals surface area contributed by atoms with Crippen molar-refractivity contribution in [2.45, 2.75) is 10.1 Å². The van der Waals surface area contributed by atoms with Crippen LogP contribution >= 0.6 is 23.1 Å². The van der Waals surface area contributed by atoms with Gasteiger partial charge in [-0.2, -0.15) is 5.26 Å². The molecule has 0 unspecified atom stereocenters. The van der Waals surface area contributed by atoms with Gasteiger partial charge >= 0.3 is 0 Å². The van der Waals surface area contributed by atoms with Gasteiger partial charge in [-0.15, -0.1) is 11.3 Å². The maximum atomic E-state index is 12.9. The minimum Gasteiger partial charge on any atom is -0.268 e. The Morgan fingerprint density at radius 2 is 1.85 bits per heavy atom. The van der Waals surface area contributed by atoms with Crippen LogP contribution in [0.1, 0.15) is 31.8 Å². The maximum absolute atomic E-state index is 12.9. The Balaban J connectivity index is 1.42. The van der Waals surface area contributed by atoms with E-state index in [-0.39, 0.29) is 16.8 Å². The number of nitro benzene ring substituents is 1. The topological polar surface area (TPSA) is 117 Å². The number of hydrogen-bond donors (Lipinski definition) is 0. The first-order chi connectivity index (χ1) is 16.0. The second-order valence-electron chi connectivity index (χ2n) is 7.12. The Bertz CT molecular complexity index is 1520. The van der Waals surface area contributed by atoms with Crippen molar-refractivity contribution in [2.24, 2.45) is 0 Å². The van der Waals surface area contributed by atoms with Crippen molar-refractivity contribution in [1.82, 2.24) is 4.98 Å². The Morgan fingerprint density at radius 1 is 1.06 bits per heavy atom. The van der Waals surface area contributed by atoms with Crippen LogP contribution in [0.2, 0.25) is 0 Å². The third-order valence-corrected chi connectivity index (χ3v) is 7.39. The highest BCUT2D eigenvalue weighted by atomic mass is 32.2. The van der Waals surface area contributed by atoms with Crippen LogP contribution in [-0.4, -0.2) is 21.7 Å². The highest BCUT2D eigenvalue weighted by Gasteiger charge is 2.38. The molecule has 0 saturated heterocycles. The van der Waals surface area contributed by atoms with Gasteiger partial charge in [0.1, 0.15) is 0 Å². The lowest BCUT2D eigenvalue weighted by Gasteiger charge is -2.13. The van der Waals surface area contributed by atoms with Crippen LogP contribution in [0.4, 0.5) is 11.4 Å². The van der Waals surface area contributed by atoms with Crippen LogP contribution < -0.4 is 4.90 Å². The number of amides is 2. The summed E-state index contributed by atoms with van der Waals surface area (Å²) in [6, 6.07) is 18.3. The molecule has 0 saturated carbocycles. The first-order valence-corrected chi connectivity index (χ1v) is 11.4. The second-order valence-corrected chi connectivity index (χ2v) is 9.38. The van der Waals surface area contributed by atoms with Gasteiger partial charge in [0.25, 0.3) is 17.5 Å². The number of aromatic nitrogens is 1. The van der Waals surface area contributed by atoms with Crippen molar-refractivity contribution in [3.05, 3.63) is 93.0 Å². The first kappa shape index (κ1) is 20.8. The van der Waals surface area contributed by atoms with E-state index in [9.17, 15) is 25.0 Å². The molecule has 4 aromatic rings. The molecule has 1 aliphatic heterocycles. The van der Waals surface area contributed by atoms with E-state index < -0.39 is 16.7 Å². The summed E-state index contributed by atoms with van der Waals surface area (Å²) < 4.78 is 1.60. The molecule has 10 heteroatoms. The first-order valence-electron chi connectivity index (χ1n) is 9.65. The number of fused-ring (bicyclic) bond motifs is 2. The van der Waals surface area contributed by atoms with Crippen molar-refractivity contribution < 1.29 is 14.5 Å². The molecule has 33 heavy (non-hydrogen) atoms. The summed E-state index contributed by atoms with van der Waals surface area (Å²) in [5, 5.41) is 20.3. The Morgan fingerprint density at radius 3 is 2.64 bits per heavy atom. The zero-order chi connectivity index (χ0) is 23.1. The molecule has 0 aliphatic carbocycles. The smallest absolute Gasteiger partial charge is 0.268 e. The highest BCUT2D eigenvalue weighted by Crippen LogP contribution is 2.36. The van der Waals surface area contributed by atoms with Crippen molar-refractivity contribution in [2.75, 3.05) is 4.90 Å². The number of imide groups is 1. The number of non-ortho nitro benzene ring substituents is 1. The van der Waals surface area contributed by atoms with Crippen LogP contribution in [0.5, 0.6) is 0 Å². The van der Waals surface area contributed by atoms with Gasteiger partial charge in [0.05, 0.1) is 43.6 Å². The van der Waals surface area contributed by atoms with E-state index in [0.717, 1.165) is 31.1 Å². The lowest BCUT2D eigenvalue weighted by molar-refractivity contribution is -0.384. The van der Waals surface area contributed by atoms with Crippen LogP contribution in [0.3, 0.4) is 0 Å². The number of nitro groups is 1. The molecule has 0 fully saturated rings. The fourth-order valence-electron chi connectivity index (χ4n) is 3.56. The molecule has 0 spiro atoms. The fraction of sp³-hybridized carbons (Fsp3) is 0.0435. The average Bonchev–Trinajstić information content (AvgIpc) is 3.35. The molecule has 5 rings (SSSR count). The molecular weight excluding hydrogens is 460 g/mol. The van der Waals surface area contributed by atoms with E-state index in [1.165, 1.54) is 35.2 Å². The lowest BCUT2D eigenvalue weighted by Crippen LogP contribution is -2.29.